The van der Waals surface area contributed by atoms with E-state index in [4.69, 9.17) is 11.6 Å². The first-order valence-electron chi connectivity index (χ1n) is 9.03. The average molecular weight is 425 g/mol. The predicted octanol–water partition coefficient (Wildman–Crippen LogP) is 3.45. The molecule has 3 rings (SSSR count). The molecule has 1 aliphatic rings. The summed E-state index contributed by atoms with van der Waals surface area (Å²) in [6, 6.07) is 10.0. The number of hydrogen-bond donors (Lipinski definition) is 1. The zero-order chi connectivity index (χ0) is 20.3. The molecule has 1 aliphatic heterocycles. The van der Waals surface area contributed by atoms with Crippen LogP contribution in [0, 0.1) is 5.82 Å². The van der Waals surface area contributed by atoms with Crippen LogP contribution in [0.5, 0.6) is 0 Å². The normalized spacial score (nSPS) is 16.1. The number of hydrogen-bond acceptors (Lipinski definition) is 4. The van der Waals surface area contributed by atoms with E-state index >= 15 is 0 Å². The molecule has 1 heterocycles. The van der Waals surface area contributed by atoms with Gasteiger partial charge >= 0.3 is 0 Å². The van der Waals surface area contributed by atoms with E-state index in [0.717, 1.165) is 32.2 Å². The highest BCUT2D eigenvalue weighted by molar-refractivity contribution is 7.90. The summed E-state index contributed by atoms with van der Waals surface area (Å²) in [5.74, 6) is -0.820. The lowest BCUT2D eigenvalue weighted by Gasteiger charge is -2.29. The van der Waals surface area contributed by atoms with Crippen LogP contribution in [0.2, 0.25) is 5.02 Å². The van der Waals surface area contributed by atoms with Crippen molar-refractivity contribution >= 4 is 27.3 Å². The minimum Gasteiger partial charge on any atom is -0.350 e. The Morgan fingerprint density at radius 3 is 2.54 bits per heavy atom. The maximum absolute atomic E-state index is 14.5. The molecule has 1 N–H and O–H groups in total. The Labute approximate surface area is 169 Å². The molecular formula is C20H22ClFN2O3S. The molecular weight excluding hydrogens is 403 g/mol. The fourth-order valence-electron chi connectivity index (χ4n) is 3.46. The molecule has 1 atom stereocenters. The lowest BCUT2D eigenvalue weighted by atomic mass is 10.0. The van der Waals surface area contributed by atoms with Crippen LogP contribution in [0.1, 0.15) is 34.8 Å². The van der Waals surface area contributed by atoms with Crippen LogP contribution in [0.3, 0.4) is 0 Å². The van der Waals surface area contributed by atoms with Crippen molar-refractivity contribution in [2.45, 2.75) is 23.8 Å². The highest BCUT2D eigenvalue weighted by atomic mass is 35.5. The summed E-state index contributed by atoms with van der Waals surface area (Å²) in [7, 11) is -3.41. The highest BCUT2D eigenvalue weighted by Gasteiger charge is 2.28. The molecule has 28 heavy (non-hydrogen) atoms. The number of halogens is 2. The molecule has 5 nitrogen and oxygen atoms in total. The molecule has 0 bridgehead atoms. The number of rotatable bonds is 6. The first kappa shape index (κ1) is 20.8. The van der Waals surface area contributed by atoms with Crippen molar-refractivity contribution in [1.29, 1.82) is 0 Å². The first-order chi connectivity index (χ1) is 13.3. The summed E-state index contributed by atoms with van der Waals surface area (Å²) in [5, 5.41) is 3.13. The second kappa shape index (κ2) is 8.59. The fourth-order valence-corrected chi connectivity index (χ4v) is 4.41. The highest BCUT2D eigenvalue weighted by Crippen LogP contribution is 2.32. The van der Waals surface area contributed by atoms with Gasteiger partial charge in [0.15, 0.2) is 9.84 Å². The zero-order valence-electron chi connectivity index (χ0n) is 15.5. The van der Waals surface area contributed by atoms with Gasteiger partial charge in [-0.05, 0) is 56.3 Å². The Hall–Kier alpha value is -1.96. The molecule has 150 valence electrons. The molecule has 0 aliphatic carbocycles. The number of amides is 1. The molecule has 2 aromatic carbocycles. The standard InChI is InChI=1S/C20H22ClFN2O3S/c1-28(26,27)15-7-4-6-14(12-15)20(25)23-13-18(24-10-2-3-11-24)19-16(21)8-5-9-17(19)22/h4-9,12,18H,2-3,10-11,13H2,1H3,(H,23,25). The summed E-state index contributed by atoms with van der Waals surface area (Å²) in [4.78, 5) is 14.8. The molecule has 1 unspecified atom stereocenters. The van der Waals surface area contributed by atoms with E-state index in [0.29, 0.717) is 10.6 Å². The van der Waals surface area contributed by atoms with E-state index < -0.39 is 27.6 Å². The van der Waals surface area contributed by atoms with Gasteiger partial charge in [0.25, 0.3) is 5.91 Å². The quantitative estimate of drug-likeness (QED) is 0.771. The fraction of sp³-hybridized carbons (Fsp3) is 0.350. The summed E-state index contributed by atoms with van der Waals surface area (Å²) in [5.41, 5.74) is 0.610. The van der Waals surface area contributed by atoms with Gasteiger partial charge in [-0.2, -0.15) is 0 Å². The van der Waals surface area contributed by atoms with E-state index in [-0.39, 0.29) is 17.0 Å². The van der Waals surface area contributed by atoms with E-state index in [2.05, 4.69) is 10.2 Å². The number of nitrogens with zero attached hydrogens (tertiary/aromatic N) is 1. The van der Waals surface area contributed by atoms with Crippen molar-refractivity contribution in [1.82, 2.24) is 10.2 Å². The van der Waals surface area contributed by atoms with E-state index in [9.17, 15) is 17.6 Å². The Balaban J connectivity index is 1.82. The molecule has 0 spiro atoms. The van der Waals surface area contributed by atoms with Gasteiger partial charge in [-0.15, -0.1) is 0 Å². The average Bonchev–Trinajstić information content (AvgIpc) is 3.17. The number of nitrogens with one attached hydrogen (secondary N) is 1. The third-order valence-electron chi connectivity index (χ3n) is 4.89. The van der Waals surface area contributed by atoms with Gasteiger partial charge < -0.3 is 5.32 Å². The number of carbonyl (C=O) groups excluding carboxylic acids is 1. The first-order valence-corrected chi connectivity index (χ1v) is 11.3. The minimum atomic E-state index is -3.41. The molecule has 1 amide bonds. The van der Waals surface area contributed by atoms with Gasteiger partial charge in [0, 0.05) is 29.0 Å². The van der Waals surface area contributed by atoms with Gasteiger partial charge in [0.2, 0.25) is 0 Å². The Bertz CT molecular complexity index is 955. The van der Waals surface area contributed by atoms with Crippen molar-refractivity contribution in [3.8, 4) is 0 Å². The summed E-state index contributed by atoms with van der Waals surface area (Å²) < 4.78 is 37.9. The molecule has 1 fully saturated rings. The molecule has 2 aromatic rings. The second-order valence-corrected chi connectivity index (χ2v) is 9.33. The molecule has 0 aromatic heterocycles. The topological polar surface area (TPSA) is 66.5 Å². The lowest BCUT2D eigenvalue weighted by Crippen LogP contribution is -2.37. The molecule has 1 saturated heterocycles. The smallest absolute Gasteiger partial charge is 0.251 e. The van der Waals surface area contributed by atoms with Crippen molar-refractivity contribution in [2.24, 2.45) is 0 Å². The van der Waals surface area contributed by atoms with Crippen LogP contribution in [0.25, 0.3) is 0 Å². The van der Waals surface area contributed by atoms with Crippen LogP contribution in [-0.4, -0.2) is 45.1 Å². The minimum absolute atomic E-state index is 0.0772. The lowest BCUT2D eigenvalue weighted by molar-refractivity contribution is 0.0937. The van der Waals surface area contributed by atoms with Gasteiger partial charge in [-0.3, -0.25) is 9.69 Å². The maximum Gasteiger partial charge on any atom is 0.251 e. The van der Waals surface area contributed by atoms with E-state index in [1.807, 2.05) is 0 Å². The molecule has 0 radical (unpaired) electrons. The van der Waals surface area contributed by atoms with Crippen LogP contribution in [0.15, 0.2) is 47.4 Å². The van der Waals surface area contributed by atoms with Crippen LogP contribution < -0.4 is 5.32 Å². The second-order valence-electron chi connectivity index (χ2n) is 6.90. The largest absolute Gasteiger partial charge is 0.350 e. The van der Waals surface area contributed by atoms with Crippen LogP contribution in [-0.2, 0) is 9.84 Å². The zero-order valence-corrected chi connectivity index (χ0v) is 17.1. The maximum atomic E-state index is 14.5. The van der Waals surface area contributed by atoms with Crippen molar-refractivity contribution in [3.63, 3.8) is 0 Å². The van der Waals surface area contributed by atoms with E-state index in [1.54, 1.807) is 18.2 Å². The SMILES string of the molecule is CS(=O)(=O)c1cccc(C(=O)NCC(c2c(F)cccc2Cl)N2CCCC2)c1. The monoisotopic (exact) mass is 424 g/mol. The Kier molecular flexibility index (Phi) is 6.37. The van der Waals surface area contributed by atoms with Crippen molar-refractivity contribution in [3.05, 3.63) is 64.4 Å². The van der Waals surface area contributed by atoms with Crippen molar-refractivity contribution in [2.75, 3.05) is 25.9 Å². The summed E-state index contributed by atoms with van der Waals surface area (Å²) >= 11 is 6.26. The summed E-state index contributed by atoms with van der Waals surface area (Å²) in [6.45, 7) is 1.77. The molecule has 0 saturated carbocycles. The summed E-state index contributed by atoms with van der Waals surface area (Å²) in [6.07, 6.45) is 3.10. The van der Waals surface area contributed by atoms with Gasteiger partial charge in [-0.25, -0.2) is 12.8 Å². The Morgan fingerprint density at radius 2 is 1.89 bits per heavy atom. The van der Waals surface area contributed by atoms with Crippen LogP contribution >= 0.6 is 11.6 Å². The Morgan fingerprint density at radius 1 is 1.21 bits per heavy atom. The van der Waals surface area contributed by atoms with E-state index in [1.165, 1.54) is 24.3 Å². The third-order valence-corrected chi connectivity index (χ3v) is 6.33. The van der Waals surface area contributed by atoms with Gasteiger partial charge in [0.05, 0.1) is 10.9 Å². The number of benzene rings is 2. The molecule has 8 heteroatoms. The van der Waals surface area contributed by atoms with Crippen molar-refractivity contribution < 1.29 is 17.6 Å². The third kappa shape index (κ3) is 4.71. The van der Waals surface area contributed by atoms with Crippen LogP contribution in [0.4, 0.5) is 4.39 Å². The van der Waals surface area contributed by atoms with Gasteiger partial charge in [-0.1, -0.05) is 23.7 Å². The van der Waals surface area contributed by atoms with Gasteiger partial charge in [0.1, 0.15) is 5.82 Å². The number of likely N-dealkylation sites (tertiary alicyclic amines) is 1. The number of sulfone groups is 1. The predicted molar refractivity (Wildman–Crippen MR) is 107 cm³/mol. The number of carbonyl (C=O) groups is 1.